The molecule has 1 aliphatic heterocycles. The summed E-state index contributed by atoms with van der Waals surface area (Å²) in [6.07, 6.45) is -1.43. The lowest BCUT2D eigenvalue weighted by Crippen LogP contribution is -2.25. The third-order valence-electron chi connectivity index (χ3n) is 4.89. The van der Waals surface area contributed by atoms with E-state index in [1.54, 1.807) is 28.8 Å². The van der Waals surface area contributed by atoms with Crippen molar-refractivity contribution in [2.45, 2.75) is 6.23 Å². The van der Waals surface area contributed by atoms with E-state index in [9.17, 15) is 17.6 Å². The molecule has 146 valence electrons. The topological polar surface area (TPSA) is 14.2 Å². The van der Waals surface area contributed by atoms with Crippen LogP contribution in [0.1, 0.15) is 11.8 Å². The summed E-state index contributed by atoms with van der Waals surface area (Å²) in [5.74, 6) is -5.61. The minimum Gasteiger partial charge on any atom is -0.465 e. The van der Waals surface area contributed by atoms with E-state index >= 15 is 0 Å². The quantitative estimate of drug-likeness (QED) is 0.187. The second-order valence-electron chi connectivity index (χ2n) is 6.60. The lowest BCUT2D eigenvalue weighted by Gasteiger charge is -2.30. The van der Waals surface area contributed by atoms with Crippen LogP contribution in [0, 0.1) is 23.3 Å². The largest absolute Gasteiger partial charge is 0.465 e. The second-order valence-corrected chi connectivity index (χ2v) is 8.43. The van der Waals surface area contributed by atoms with Crippen LogP contribution in [0.15, 0.2) is 57.5 Å². The second kappa shape index (κ2) is 6.60. The molecule has 1 aromatic heterocycles. The Hall–Kier alpha value is -2.32. The fourth-order valence-corrected chi connectivity index (χ4v) is 4.36. The molecule has 0 radical (unpaired) electrons. The Balaban J connectivity index is 1.88. The van der Waals surface area contributed by atoms with Crippen LogP contribution in [-0.2, 0) is 0 Å². The molecule has 0 N–H and O–H groups in total. The zero-order valence-corrected chi connectivity index (χ0v) is 17.5. The molecular weight excluding hydrogens is 518 g/mol. The van der Waals surface area contributed by atoms with Gasteiger partial charge in [-0.25, -0.2) is 17.6 Å². The van der Waals surface area contributed by atoms with E-state index in [0.717, 1.165) is 9.86 Å². The molecular formula is C21H9Br2F4NO. The maximum Gasteiger partial charge on any atom is 0.209 e. The summed E-state index contributed by atoms with van der Waals surface area (Å²) >= 11 is 6.75. The van der Waals surface area contributed by atoms with Crippen LogP contribution < -0.4 is 4.74 Å². The van der Waals surface area contributed by atoms with Crippen molar-refractivity contribution in [1.29, 1.82) is 0 Å². The van der Waals surface area contributed by atoms with E-state index in [0.29, 0.717) is 27.0 Å². The highest BCUT2D eigenvalue weighted by molar-refractivity contribution is 9.10. The van der Waals surface area contributed by atoms with Crippen LogP contribution in [0.3, 0.4) is 0 Å². The zero-order chi connectivity index (χ0) is 20.4. The highest BCUT2D eigenvalue weighted by atomic mass is 79.9. The van der Waals surface area contributed by atoms with Gasteiger partial charge in [-0.3, -0.25) is 0 Å². The van der Waals surface area contributed by atoms with Crippen LogP contribution >= 0.6 is 31.9 Å². The van der Waals surface area contributed by atoms with Crippen molar-refractivity contribution in [1.82, 2.24) is 4.57 Å². The van der Waals surface area contributed by atoms with Gasteiger partial charge in [0.15, 0.2) is 23.3 Å². The predicted molar refractivity (Wildman–Crippen MR) is 108 cm³/mol. The molecule has 29 heavy (non-hydrogen) atoms. The smallest absolute Gasteiger partial charge is 0.209 e. The van der Waals surface area contributed by atoms with Crippen molar-refractivity contribution < 1.29 is 22.3 Å². The molecule has 4 aromatic rings. The summed E-state index contributed by atoms with van der Waals surface area (Å²) in [5, 5.41) is 0.774. The molecule has 0 aliphatic carbocycles. The minimum absolute atomic E-state index is 0.188. The molecule has 1 aliphatic rings. The number of hydrogen-bond donors (Lipinski definition) is 0. The molecule has 1 unspecified atom stereocenters. The molecule has 2 heterocycles. The SMILES string of the molecule is Fc1cc(F)c(F)c(C2Oc3cc(Br)ccc3-c3cc4cc(Br)ccc4n32)c1F. The molecule has 0 fully saturated rings. The summed E-state index contributed by atoms with van der Waals surface area (Å²) in [5.41, 5.74) is 1.08. The van der Waals surface area contributed by atoms with Gasteiger partial charge < -0.3 is 9.30 Å². The first-order chi connectivity index (χ1) is 13.8. The Labute approximate surface area is 179 Å². The molecule has 0 spiro atoms. The van der Waals surface area contributed by atoms with Gasteiger partial charge >= 0.3 is 0 Å². The average Bonchev–Trinajstić information content (AvgIpc) is 3.05. The highest BCUT2D eigenvalue weighted by Crippen LogP contribution is 2.46. The van der Waals surface area contributed by atoms with E-state index < -0.39 is 35.1 Å². The Morgan fingerprint density at radius 2 is 1.45 bits per heavy atom. The summed E-state index contributed by atoms with van der Waals surface area (Å²) in [7, 11) is 0. The first-order valence-electron chi connectivity index (χ1n) is 8.45. The first-order valence-corrected chi connectivity index (χ1v) is 10.0. The summed E-state index contributed by atoms with van der Waals surface area (Å²) in [6.45, 7) is 0. The Morgan fingerprint density at radius 1 is 0.793 bits per heavy atom. The van der Waals surface area contributed by atoms with Crippen LogP contribution in [0.5, 0.6) is 5.75 Å². The normalized spacial score (nSPS) is 15.2. The molecule has 2 nitrogen and oxygen atoms in total. The van der Waals surface area contributed by atoms with Gasteiger partial charge in [0.1, 0.15) is 5.75 Å². The number of rotatable bonds is 1. The van der Waals surface area contributed by atoms with Crippen molar-refractivity contribution in [3.8, 4) is 17.0 Å². The van der Waals surface area contributed by atoms with E-state index in [1.807, 2.05) is 18.2 Å². The van der Waals surface area contributed by atoms with Crippen LogP contribution in [0.4, 0.5) is 17.6 Å². The number of benzene rings is 3. The zero-order valence-electron chi connectivity index (χ0n) is 14.3. The van der Waals surface area contributed by atoms with E-state index in [1.165, 1.54) is 0 Å². The van der Waals surface area contributed by atoms with Gasteiger partial charge in [0.25, 0.3) is 0 Å². The number of hydrogen-bond acceptors (Lipinski definition) is 1. The summed E-state index contributed by atoms with van der Waals surface area (Å²) < 4.78 is 66.1. The van der Waals surface area contributed by atoms with Gasteiger partial charge in [0.2, 0.25) is 6.23 Å². The van der Waals surface area contributed by atoms with E-state index in [-0.39, 0.29) is 6.07 Å². The van der Waals surface area contributed by atoms with Crippen molar-refractivity contribution in [3.63, 3.8) is 0 Å². The molecule has 0 bridgehead atoms. The fraction of sp³-hybridized carbons (Fsp3) is 0.0476. The number of ether oxygens (including phenoxy) is 1. The molecule has 8 heteroatoms. The Bertz CT molecular complexity index is 1290. The maximum atomic E-state index is 14.7. The molecule has 0 amide bonds. The average molecular weight is 527 g/mol. The third-order valence-corrected chi connectivity index (χ3v) is 5.87. The number of nitrogens with zero attached hydrogens (tertiary/aromatic N) is 1. The number of halogens is 6. The summed E-state index contributed by atoms with van der Waals surface area (Å²) in [6, 6.07) is 12.6. The summed E-state index contributed by atoms with van der Waals surface area (Å²) in [4.78, 5) is 0. The minimum atomic E-state index is -1.49. The van der Waals surface area contributed by atoms with Gasteiger partial charge in [-0.1, -0.05) is 31.9 Å². The molecule has 3 aromatic carbocycles. The first kappa shape index (κ1) is 18.7. The number of fused-ring (bicyclic) bond motifs is 5. The monoisotopic (exact) mass is 525 g/mol. The Morgan fingerprint density at radius 3 is 2.17 bits per heavy atom. The third kappa shape index (κ3) is 2.80. The van der Waals surface area contributed by atoms with Crippen LogP contribution in [-0.4, -0.2) is 4.57 Å². The van der Waals surface area contributed by atoms with Gasteiger partial charge in [0.05, 0.1) is 16.8 Å². The maximum absolute atomic E-state index is 14.7. The lowest BCUT2D eigenvalue weighted by molar-refractivity contribution is 0.160. The van der Waals surface area contributed by atoms with Crippen LogP contribution in [0.25, 0.3) is 22.2 Å². The van der Waals surface area contributed by atoms with Gasteiger partial charge in [-0.15, -0.1) is 0 Å². The Kier molecular flexibility index (Phi) is 4.25. The number of aromatic nitrogens is 1. The molecule has 5 rings (SSSR count). The van der Waals surface area contributed by atoms with Gasteiger partial charge in [-0.05, 0) is 42.5 Å². The molecule has 1 atom stereocenters. The van der Waals surface area contributed by atoms with Crippen molar-refractivity contribution in [2.75, 3.05) is 0 Å². The van der Waals surface area contributed by atoms with E-state index in [2.05, 4.69) is 31.9 Å². The lowest BCUT2D eigenvalue weighted by atomic mass is 10.1. The van der Waals surface area contributed by atoms with Crippen molar-refractivity contribution in [2.24, 2.45) is 0 Å². The fourth-order valence-electron chi connectivity index (χ4n) is 3.64. The van der Waals surface area contributed by atoms with E-state index in [4.69, 9.17) is 4.74 Å². The highest BCUT2D eigenvalue weighted by Gasteiger charge is 2.35. The van der Waals surface area contributed by atoms with Crippen LogP contribution in [0.2, 0.25) is 0 Å². The molecule has 0 saturated carbocycles. The predicted octanol–water partition coefficient (Wildman–Crippen LogP) is 7.33. The van der Waals surface area contributed by atoms with Gasteiger partial charge in [-0.2, -0.15) is 0 Å². The standard InChI is InChI=1S/C21H9Br2F4NO/c22-10-2-4-15-9(5-10)6-16-12-3-1-11(23)7-17(12)29-21(28(15)16)18-19(26)13(24)8-14(25)20(18)27/h1-8,21H. The van der Waals surface area contributed by atoms with Crippen molar-refractivity contribution in [3.05, 3.63) is 86.3 Å². The molecule has 0 saturated heterocycles. The van der Waals surface area contributed by atoms with Crippen molar-refractivity contribution >= 4 is 42.8 Å². The van der Waals surface area contributed by atoms with Gasteiger partial charge in [0, 0.05) is 26.0 Å².